The van der Waals surface area contributed by atoms with Crippen LogP contribution in [0.3, 0.4) is 0 Å². The molecule has 0 saturated carbocycles. The lowest BCUT2D eigenvalue weighted by Gasteiger charge is -2.24. The molecule has 4 N–H and O–H groups in total. The van der Waals surface area contributed by atoms with E-state index in [1.807, 2.05) is 6.92 Å². The summed E-state index contributed by atoms with van der Waals surface area (Å²) in [6.07, 6.45) is 2.20. The lowest BCUT2D eigenvalue weighted by molar-refractivity contribution is -0.116. The Kier molecular flexibility index (Phi) is 6.46. The topological polar surface area (TPSA) is 97.1 Å². The third-order valence-electron chi connectivity index (χ3n) is 5.75. The largest absolute Gasteiger partial charge is 0.348 e. The van der Waals surface area contributed by atoms with Gasteiger partial charge in [-0.1, -0.05) is 25.1 Å². The smallest absolute Gasteiger partial charge is 0.254 e. The molecule has 0 saturated heterocycles. The number of amides is 2. The number of carbonyl (C=O) groups excluding carboxylic acids is 2. The molecule has 0 radical (unpaired) electrons. The van der Waals surface area contributed by atoms with Gasteiger partial charge in [0.05, 0.1) is 5.56 Å². The van der Waals surface area contributed by atoms with Crippen LogP contribution in [0.1, 0.15) is 40.7 Å². The fraction of sp³-hybridized carbons (Fsp3) is 0.240. The van der Waals surface area contributed by atoms with Crippen molar-refractivity contribution in [1.29, 1.82) is 0 Å². The molecule has 170 valence electrons. The molecule has 1 aliphatic rings. The second-order valence-electron chi connectivity index (χ2n) is 8.21. The summed E-state index contributed by atoms with van der Waals surface area (Å²) in [6.45, 7) is 2.04. The van der Waals surface area contributed by atoms with E-state index in [0.717, 1.165) is 11.1 Å². The molecule has 2 aromatic carbocycles. The second kappa shape index (κ2) is 9.46. The van der Waals surface area contributed by atoms with Crippen LogP contribution in [-0.4, -0.2) is 29.4 Å². The van der Waals surface area contributed by atoms with Gasteiger partial charge in [-0.25, -0.2) is 13.8 Å². The summed E-state index contributed by atoms with van der Waals surface area (Å²) in [5.74, 6) is -1.35. The molecule has 2 heterocycles. The molecule has 0 bridgehead atoms. The van der Waals surface area contributed by atoms with Crippen molar-refractivity contribution in [2.75, 3.05) is 11.9 Å². The predicted molar refractivity (Wildman–Crippen MR) is 122 cm³/mol. The van der Waals surface area contributed by atoms with Crippen molar-refractivity contribution in [2.45, 2.75) is 31.7 Å². The predicted octanol–water partition coefficient (Wildman–Crippen LogP) is 3.77. The summed E-state index contributed by atoms with van der Waals surface area (Å²) in [5, 5.41) is 5.52. The van der Waals surface area contributed by atoms with Gasteiger partial charge in [0.1, 0.15) is 17.5 Å². The van der Waals surface area contributed by atoms with Crippen LogP contribution in [0.4, 0.5) is 14.6 Å². The van der Waals surface area contributed by atoms with E-state index in [4.69, 9.17) is 5.73 Å². The zero-order valence-corrected chi connectivity index (χ0v) is 18.1. The molecule has 4 rings (SSSR count). The molecule has 1 aliphatic heterocycles. The zero-order valence-electron chi connectivity index (χ0n) is 18.1. The number of benzene rings is 2. The van der Waals surface area contributed by atoms with Gasteiger partial charge in [-0.15, -0.1) is 0 Å². The Morgan fingerprint density at radius 1 is 1.24 bits per heavy atom. The van der Waals surface area contributed by atoms with Gasteiger partial charge in [0, 0.05) is 30.8 Å². The van der Waals surface area contributed by atoms with E-state index in [1.54, 1.807) is 30.5 Å². The normalized spacial score (nSPS) is 16.0. The number of halogens is 2. The zero-order chi connectivity index (χ0) is 23.5. The van der Waals surface area contributed by atoms with Crippen LogP contribution >= 0.6 is 0 Å². The number of carbonyl (C=O) groups is 2. The van der Waals surface area contributed by atoms with Crippen molar-refractivity contribution in [3.05, 3.63) is 83.1 Å². The van der Waals surface area contributed by atoms with Crippen molar-refractivity contribution in [2.24, 2.45) is 5.73 Å². The van der Waals surface area contributed by atoms with Crippen LogP contribution in [0.5, 0.6) is 0 Å². The summed E-state index contributed by atoms with van der Waals surface area (Å²) in [4.78, 5) is 29.0. The van der Waals surface area contributed by atoms with Crippen LogP contribution in [0, 0.1) is 11.6 Å². The van der Waals surface area contributed by atoms with Gasteiger partial charge in [0.25, 0.3) is 5.91 Å². The monoisotopic (exact) mass is 450 g/mol. The number of nitrogens with one attached hydrogen (secondary N) is 2. The third-order valence-corrected chi connectivity index (χ3v) is 5.75. The molecule has 6 nitrogen and oxygen atoms in total. The number of nitrogens with zero attached hydrogens (tertiary/aromatic N) is 1. The highest BCUT2D eigenvalue weighted by Gasteiger charge is 2.26. The maximum absolute atomic E-state index is 14.6. The maximum atomic E-state index is 14.6. The highest BCUT2D eigenvalue weighted by atomic mass is 19.1. The second-order valence-corrected chi connectivity index (χ2v) is 8.21. The molecule has 0 aliphatic carbocycles. The first-order chi connectivity index (χ1) is 15.9. The van der Waals surface area contributed by atoms with Crippen LogP contribution in [0.25, 0.3) is 11.1 Å². The number of pyridine rings is 1. The van der Waals surface area contributed by atoms with Crippen LogP contribution < -0.4 is 16.4 Å². The molecule has 3 aromatic rings. The summed E-state index contributed by atoms with van der Waals surface area (Å²) in [5.41, 5.74) is 8.62. The van der Waals surface area contributed by atoms with Crippen LogP contribution in [0.2, 0.25) is 0 Å². The third kappa shape index (κ3) is 4.90. The van der Waals surface area contributed by atoms with E-state index in [-0.39, 0.29) is 29.8 Å². The number of aromatic nitrogens is 1. The van der Waals surface area contributed by atoms with Crippen molar-refractivity contribution in [3.8, 4) is 11.1 Å². The Morgan fingerprint density at radius 3 is 2.82 bits per heavy atom. The number of nitrogens with two attached hydrogens (primary N) is 1. The summed E-state index contributed by atoms with van der Waals surface area (Å²) < 4.78 is 28.1. The van der Waals surface area contributed by atoms with Gasteiger partial charge in [-0.05, 0) is 59.4 Å². The van der Waals surface area contributed by atoms with Crippen molar-refractivity contribution >= 4 is 17.6 Å². The summed E-state index contributed by atoms with van der Waals surface area (Å²) >= 11 is 0. The Morgan fingerprint density at radius 2 is 2.06 bits per heavy atom. The van der Waals surface area contributed by atoms with E-state index >= 15 is 0 Å². The average Bonchev–Trinajstić information content (AvgIpc) is 2.78. The van der Waals surface area contributed by atoms with Gasteiger partial charge in [0.2, 0.25) is 5.91 Å². The van der Waals surface area contributed by atoms with Gasteiger partial charge in [0.15, 0.2) is 0 Å². The molecule has 1 unspecified atom stereocenters. The Bertz CT molecular complexity index is 1210. The molecule has 2 atom stereocenters. The van der Waals surface area contributed by atoms with E-state index in [2.05, 4.69) is 15.6 Å². The number of rotatable bonds is 6. The molecule has 8 heteroatoms. The molecule has 1 aromatic heterocycles. The van der Waals surface area contributed by atoms with E-state index in [1.165, 1.54) is 24.3 Å². The first-order valence-electron chi connectivity index (χ1n) is 10.7. The number of anilines is 1. The van der Waals surface area contributed by atoms with Gasteiger partial charge in [-0.3, -0.25) is 9.59 Å². The number of hydrogen-bond donors (Lipinski definition) is 3. The fourth-order valence-corrected chi connectivity index (χ4v) is 4.16. The molecule has 0 spiro atoms. The minimum absolute atomic E-state index is 0.0762. The van der Waals surface area contributed by atoms with Gasteiger partial charge in [-0.2, -0.15) is 0 Å². The first-order valence-corrected chi connectivity index (χ1v) is 10.7. The van der Waals surface area contributed by atoms with E-state index < -0.39 is 17.8 Å². The molecular formula is C25H24F2N4O2. The highest BCUT2D eigenvalue weighted by molar-refractivity contribution is 5.97. The number of hydrogen-bond acceptors (Lipinski definition) is 4. The Labute approximate surface area is 190 Å². The highest BCUT2D eigenvalue weighted by Crippen LogP contribution is 2.38. The lowest BCUT2D eigenvalue weighted by Crippen LogP contribution is -2.42. The Balaban J connectivity index is 1.61. The summed E-state index contributed by atoms with van der Waals surface area (Å²) in [7, 11) is 0. The molecule has 33 heavy (non-hydrogen) atoms. The lowest BCUT2D eigenvalue weighted by atomic mass is 9.87. The molecule has 2 amide bonds. The standard InChI is InChI=1S/C25H24F2N4O2/c1-14-9-22(32)31-24-23(14)19(7-8-29-24)16-5-6-21(27)20(12-16)25(33)30-18(13-28)11-15-3-2-4-17(26)10-15/h2-8,10,12,14,18H,9,11,13,28H2,1H3,(H,30,33)(H,29,31,32)/t14-,18?/m0/s1. The minimum Gasteiger partial charge on any atom is -0.348 e. The van der Waals surface area contributed by atoms with Crippen molar-refractivity contribution < 1.29 is 18.4 Å². The fourth-order valence-electron chi connectivity index (χ4n) is 4.16. The van der Waals surface area contributed by atoms with Crippen LogP contribution in [0.15, 0.2) is 54.7 Å². The van der Waals surface area contributed by atoms with Gasteiger partial charge >= 0.3 is 0 Å². The van der Waals surface area contributed by atoms with Crippen molar-refractivity contribution in [3.63, 3.8) is 0 Å². The van der Waals surface area contributed by atoms with Crippen molar-refractivity contribution in [1.82, 2.24) is 10.3 Å². The molecule has 0 fully saturated rings. The Hall–Kier alpha value is -3.65. The first kappa shape index (κ1) is 22.5. The summed E-state index contributed by atoms with van der Waals surface area (Å²) in [6, 6.07) is 11.7. The van der Waals surface area contributed by atoms with Gasteiger partial charge < -0.3 is 16.4 Å². The SMILES string of the molecule is C[C@H]1CC(=O)Nc2nccc(-c3ccc(F)c(C(=O)NC(CN)Cc4cccc(F)c4)c3)c21. The van der Waals surface area contributed by atoms with E-state index in [0.29, 0.717) is 29.8 Å². The quantitative estimate of drug-likeness (QED) is 0.533. The maximum Gasteiger partial charge on any atom is 0.254 e. The van der Waals surface area contributed by atoms with Crippen LogP contribution in [-0.2, 0) is 11.2 Å². The minimum atomic E-state index is -0.665. The molecular weight excluding hydrogens is 426 g/mol. The average molecular weight is 450 g/mol. The van der Waals surface area contributed by atoms with E-state index in [9.17, 15) is 18.4 Å². The number of fused-ring (bicyclic) bond motifs is 1.